The number of nitrogens with one attached hydrogen (secondary N) is 2. The Bertz CT molecular complexity index is 1220. The number of hydrogen-bond donors (Lipinski definition) is 2. The molecule has 2 N–H and O–H groups in total. The van der Waals surface area contributed by atoms with Gasteiger partial charge in [-0.05, 0) is 61.4 Å². The largest absolute Gasteiger partial charge is 0.454 e. The highest BCUT2D eigenvalue weighted by Gasteiger charge is 2.21. The standard InChI is InChI=1S/C22H15Cl3F2N2O3/c1-10-8-16(28-22(31)29-21(30)18-14(26)4-3-5-15(18)27)11(2)19(25)20(10)32-17-7-6-12(23)9-13(17)24/h3-9H,1-2H3,(H2,28,29,30,31). The lowest BCUT2D eigenvalue weighted by Gasteiger charge is -2.17. The van der Waals surface area contributed by atoms with E-state index in [0.29, 0.717) is 27.6 Å². The second-order valence-corrected chi connectivity index (χ2v) is 7.91. The quantitative estimate of drug-likeness (QED) is 0.396. The monoisotopic (exact) mass is 498 g/mol. The third kappa shape index (κ3) is 5.12. The smallest absolute Gasteiger partial charge is 0.326 e. The van der Waals surface area contributed by atoms with Crippen molar-refractivity contribution in [1.82, 2.24) is 5.32 Å². The van der Waals surface area contributed by atoms with Gasteiger partial charge < -0.3 is 10.1 Å². The number of imide groups is 1. The molecule has 3 rings (SSSR count). The van der Waals surface area contributed by atoms with E-state index in [1.54, 1.807) is 32.0 Å². The minimum Gasteiger partial charge on any atom is -0.454 e. The molecule has 0 spiro atoms. The van der Waals surface area contributed by atoms with Crippen molar-refractivity contribution < 1.29 is 23.1 Å². The van der Waals surface area contributed by atoms with Gasteiger partial charge in [-0.1, -0.05) is 40.9 Å². The lowest BCUT2D eigenvalue weighted by molar-refractivity contribution is 0.0959. The first-order valence-corrected chi connectivity index (χ1v) is 10.2. The van der Waals surface area contributed by atoms with E-state index in [9.17, 15) is 18.4 Å². The van der Waals surface area contributed by atoms with Gasteiger partial charge in [0, 0.05) is 10.7 Å². The number of anilines is 1. The highest BCUT2D eigenvalue weighted by atomic mass is 35.5. The predicted octanol–water partition coefficient (Wildman–Crippen LogP) is 7.30. The Kier molecular flexibility index (Phi) is 7.23. The lowest BCUT2D eigenvalue weighted by atomic mass is 10.1. The first-order chi connectivity index (χ1) is 15.1. The number of urea groups is 1. The number of aryl methyl sites for hydroxylation is 1. The number of amides is 3. The summed E-state index contributed by atoms with van der Waals surface area (Å²) in [6.45, 7) is 3.31. The summed E-state index contributed by atoms with van der Waals surface area (Å²) >= 11 is 18.5. The van der Waals surface area contributed by atoms with Crippen LogP contribution in [0.1, 0.15) is 21.5 Å². The van der Waals surface area contributed by atoms with Crippen LogP contribution in [-0.4, -0.2) is 11.9 Å². The summed E-state index contributed by atoms with van der Waals surface area (Å²) < 4.78 is 33.3. The van der Waals surface area contributed by atoms with Gasteiger partial charge in [-0.3, -0.25) is 10.1 Å². The Hall–Kier alpha value is -2.87. The molecular weight excluding hydrogens is 485 g/mol. The summed E-state index contributed by atoms with van der Waals surface area (Å²) in [5, 5.41) is 5.25. The first kappa shape index (κ1) is 23.8. The van der Waals surface area contributed by atoms with E-state index in [2.05, 4.69) is 5.32 Å². The highest BCUT2D eigenvalue weighted by molar-refractivity contribution is 6.35. The third-order valence-corrected chi connectivity index (χ3v) is 5.41. The van der Waals surface area contributed by atoms with Crippen molar-refractivity contribution in [2.45, 2.75) is 13.8 Å². The number of rotatable bonds is 4. The van der Waals surface area contributed by atoms with Crippen LogP contribution in [0.15, 0.2) is 42.5 Å². The Morgan fingerprint density at radius 3 is 2.25 bits per heavy atom. The molecule has 0 atom stereocenters. The van der Waals surface area contributed by atoms with E-state index in [1.807, 2.05) is 5.32 Å². The second kappa shape index (κ2) is 9.73. The van der Waals surface area contributed by atoms with Gasteiger partial charge in [0.15, 0.2) is 0 Å². The maximum atomic E-state index is 13.7. The molecule has 5 nitrogen and oxygen atoms in total. The summed E-state index contributed by atoms with van der Waals surface area (Å²) in [6, 6.07) is 8.21. The number of ether oxygens (including phenoxy) is 1. The first-order valence-electron chi connectivity index (χ1n) is 9.07. The molecule has 10 heteroatoms. The van der Waals surface area contributed by atoms with Gasteiger partial charge >= 0.3 is 6.03 Å². The van der Waals surface area contributed by atoms with Crippen molar-refractivity contribution >= 4 is 52.4 Å². The lowest BCUT2D eigenvalue weighted by Crippen LogP contribution is -2.35. The molecule has 166 valence electrons. The van der Waals surface area contributed by atoms with Crippen LogP contribution in [0.3, 0.4) is 0 Å². The molecular formula is C22H15Cl3F2N2O3. The number of hydrogen-bond acceptors (Lipinski definition) is 3. The van der Waals surface area contributed by atoms with Crippen molar-refractivity contribution in [3.05, 3.63) is 85.9 Å². The molecule has 3 aromatic carbocycles. The molecule has 3 amide bonds. The molecule has 3 aromatic rings. The maximum Gasteiger partial charge on any atom is 0.326 e. The van der Waals surface area contributed by atoms with Crippen LogP contribution in [0.25, 0.3) is 0 Å². The minimum atomic E-state index is -1.23. The van der Waals surface area contributed by atoms with Crippen LogP contribution in [-0.2, 0) is 0 Å². The van der Waals surface area contributed by atoms with E-state index in [1.165, 1.54) is 6.07 Å². The molecule has 32 heavy (non-hydrogen) atoms. The van der Waals surface area contributed by atoms with Crippen LogP contribution >= 0.6 is 34.8 Å². The van der Waals surface area contributed by atoms with Crippen LogP contribution < -0.4 is 15.4 Å². The molecule has 0 aliphatic heterocycles. The average Bonchev–Trinajstić information content (AvgIpc) is 2.70. The summed E-state index contributed by atoms with van der Waals surface area (Å²) in [4.78, 5) is 24.4. The van der Waals surface area contributed by atoms with Crippen molar-refractivity contribution in [3.63, 3.8) is 0 Å². The number of halogens is 5. The van der Waals surface area contributed by atoms with E-state index in [4.69, 9.17) is 39.5 Å². The summed E-state index contributed by atoms with van der Waals surface area (Å²) in [5.74, 6) is -2.77. The normalized spacial score (nSPS) is 10.6. The zero-order chi connectivity index (χ0) is 23.6. The van der Waals surface area contributed by atoms with E-state index in [-0.39, 0.29) is 15.7 Å². The fraction of sp³-hybridized carbons (Fsp3) is 0.0909. The fourth-order valence-electron chi connectivity index (χ4n) is 2.81. The number of carbonyl (C=O) groups excluding carboxylic acids is 2. The Balaban J connectivity index is 1.80. The molecule has 0 saturated heterocycles. The zero-order valence-corrected chi connectivity index (χ0v) is 18.9. The van der Waals surface area contributed by atoms with Gasteiger partial charge in [0.1, 0.15) is 28.7 Å². The Morgan fingerprint density at radius 2 is 1.62 bits per heavy atom. The zero-order valence-electron chi connectivity index (χ0n) is 16.7. The molecule has 0 fully saturated rings. The molecule has 0 heterocycles. The van der Waals surface area contributed by atoms with Gasteiger partial charge in [-0.15, -0.1) is 0 Å². The van der Waals surface area contributed by atoms with Crippen LogP contribution in [0, 0.1) is 25.5 Å². The summed E-state index contributed by atoms with van der Waals surface area (Å²) in [7, 11) is 0. The minimum absolute atomic E-state index is 0.192. The van der Waals surface area contributed by atoms with Crippen LogP contribution in [0.2, 0.25) is 15.1 Å². The van der Waals surface area contributed by atoms with Gasteiger partial charge in [-0.25, -0.2) is 13.6 Å². The molecule has 0 aliphatic rings. The topological polar surface area (TPSA) is 67.4 Å². The maximum absolute atomic E-state index is 13.7. The molecule has 0 saturated carbocycles. The SMILES string of the molecule is Cc1cc(NC(=O)NC(=O)c2c(F)cccc2F)c(C)c(Cl)c1Oc1ccc(Cl)cc1Cl. The summed E-state index contributed by atoms with van der Waals surface area (Å²) in [5.41, 5.74) is 0.379. The Labute approximate surface area is 197 Å². The molecule has 0 aromatic heterocycles. The average molecular weight is 500 g/mol. The van der Waals surface area contributed by atoms with Gasteiger partial charge in [0.2, 0.25) is 0 Å². The molecule has 0 radical (unpaired) electrons. The van der Waals surface area contributed by atoms with Gasteiger partial charge in [0.05, 0.1) is 10.0 Å². The van der Waals surface area contributed by atoms with Gasteiger partial charge in [-0.2, -0.15) is 0 Å². The molecule has 0 aliphatic carbocycles. The Morgan fingerprint density at radius 1 is 0.969 bits per heavy atom. The highest BCUT2D eigenvalue weighted by Crippen LogP contribution is 2.41. The summed E-state index contributed by atoms with van der Waals surface area (Å²) in [6.07, 6.45) is 0. The molecule has 0 unspecified atom stereocenters. The third-order valence-electron chi connectivity index (χ3n) is 4.42. The van der Waals surface area contributed by atoms with Crippen molar-refractivity contribution in [2.75, 3.05) is 5.32 Å². The van der Waals surface area contributed by atoms with Crippen molar-refractivity contribution in [2.24, 2.45) is 0 Å². The van der Waals surface area contributed by atoms with Crippen molar-refractivity contribution in [1.29, 1.82) is 0 Å². The molecule has 0 bridgehead atoms. The van der Waals surface area contributed by atoms with Crippen molar-refractivity contribution in [3.8, 4) is 11.5 Å². The fourth-order valence-corrected chi connectivity index (χ4v) is 3.55. The predicted molar refractivity (Wildman–Crippen MR) is 120 cm³/mol. The van der Waals surface area contributed by atoms with Crippen LogP contribution in [0.4, 0.5) is 19.3 Å². The number of carbonyl (C=O) groups is 2. The van der Waals surface area contributed by atoms with E-state index >= 15 is 0 Å². The van der Waals surface area contributed by atoms with Crippen LogP contribution in [0.5, 0.6) is 11.5 Å². The second-order valence-electron chi connectivity index (χ2n) is 6.69. The number of benzene rings is 3. The van der Waals surface area contributed by atoms with Gasteiger partial charge in [0.25, 0.3) is 5.91 Å². The van der Waals surface area contributed by atoms with E-state index in [0.717, 1.165) is 18.2 Å². The van der Waals surface area contributed by atoms with E-state index < -0.39 is 29.1 Å².